The van der Waals surface area contributed by atoms with Crippen molar-refractivity contribution >= 4 is 28.7 Å². The molecule has 0 saturated carbocycles. The van der Waals surface area contributed by atoms with E-state index in [9.17, 15) is 9.59 Å². The number of ether oxygens (including phenoxy) is 2. The molecule has 1 fully saturated rings. The van der Waals surface area contributed by atoms with Gasteiger partial charge in [0.15, 0.2) is 11.5 Å². The molecular formula is C30H33N5O4. The average Bonchev–Trinajstić information content (AvgIpc) is 3.36. The Bertz CT molecular complexity index is 1470. The molecule has 4 aromatic rings. The molecular weight excluding hydrogens is 494 g/mol. The number of hydrogen-bond donors (Lipinski definition) is 3. The van der Waals surface area contributed by atoms with Crippen molar-refractivity contribution < 1.29 is 19.1 Å². The van der Waals surface area contributed by atoms with Gasteiger partial charge in [-0.05, 0) is 81.6 Å². The molecule has 3 N–H and O–H groups in total. The Morgan fingerprint density at radius 2 is 1.79 bits per heavy atom. The summed E-state index contributed by atoms with van der Waals surface area (Å²) in [6.45, 7) is 5.90. The highest BCUT2D eigenvalue weighted by Crippen LogP contribution is 2.37. The molecule has 2 aromatic carbocycles. The maximum absolute atomic E-state index is 12.9. The molecule has 0 aliphatic carbocycles. The average molecular weight is 528 g/mol. The van der Waals surface area contributed by atoms with Crippen LogP contribution in [0.5, 0.6) is 17.2 Å². The molecule has 9 nitrogen and oxygen atoms in total. The van der Waals surface area contributed by atoms with Gasteiger partial charge >= 0.3 is 6.03 Å². The quantitative estimate of drug-likeness (QED) is 0.292. The Morgan fingerprint density at radius 1 is 1.03 bits per heavy atom. The van der Waals surface area contributed by atoms with Gasteiger partial charge < -0.3 is 25.4 Å². The van der Waals surface area contributed by atoms with Gasteiger partial charge in [-0.25, -0.2) is 9.78 Å². The van der Waals surface area contributed by atoms with Crippen molar-refractivity contribution in [2.45, 2.75) is 38.7 Å². The predicted molar refractivity (Wildman–Crippen MR) is 151 cm³/mol. The summed E-state index contributed by atoms with van der Waals surface area (Å²) < 4.78 is 13.7. The van der Waals surface area contributed by atoms with Crippen LogP contribution in [-0.2, 0) is 0 Å². The molecule has 9 heteroatoms. The third-order valence-electron chi connectivity index (χ3n) is 6.74. The smallest absolute Gasteiger partial charge is 0.325 e. The van der Waals surface area contributed by atoms with Gasteiger partial charge in [-0.2, -0.15) is 0 Å². The van der Waals surface area contributed by atoms with Crippen molar-refractivity contribution in [3.05, 3.63) is 78.1 Å². The minimum atomic E-state index is -0.246. The number of hydrogen-bond acceptors (Lipinski definition) is 6. The van der Waals surface area contributed by atoms with Crippen LogP contribution in [0.25, 0.3) is 10.9 Å². The van der Waals surface area contributed by atoms with E-state index in [0.29, 0.717) is 40.1 Å². The molecule has 2 aromatic heterocycles. The molecule has 0 radical (unpaired) electrons. The molecule has 1 aliphatic heterocycles. The second-order valence-electron chi connectivity index (χ2n) is 9.84. The number of nitrogens with one attached hydrogen (secondary N) is 3. The number of carbonyl (C=O) groups is 2. The molecule has 0 unspecified atom stereocenters. The fourth-order valence-electron chi connectivity index (χ4n) is 4.79. The van der Waals surface area contributed by atoms with Crippen LogP contribution in [0.4, 0.5) is 10.6 Å². The number of piperidine rings is 1. The highest BCUT2D eigenvalue weighted by Gasteiger charge is 2.17. The number of anilines is 1. The number of carbonyl (C=O) groups excluding carboxylic acids is 2. The lowest BCUT2D eigenvalue weighted by atomic mass is 9.90. The number of amides is 2. The highest BCUT2D eigenvalue weighted by molar-refractivity contribution is 6.03. The van der Waals surface area contributed by atoms with Crippen LogP contribution in [-0.4, -0.2) is 47.7 Å². The van der Waals surface area contributed by atoms with Crippen molar-refractivity contribution in [1.29, 1.82) is 0 Å². The Hall–Kier alpha value is -4.37. The summed E-state index contributed by atoms with van der Waals surface area (Å²) >= 11 is 0. The first-order chi connectivity index (χ1) is 18.9. The lowest BCUT2D eigenvalue weighted by Gasteiger charge is -2.23. The lowest BCUT2D eigenvalue weighted by molar-refractivity contribution is 0.102. The summed E-state index contributed by atoms with van der Waals surface area (Å²) in [4.78, 5) is 29.5. The second-order valence-corrected chi connectivity index (χ2v) is 9.84. The molecule has 1 aliphatic rings. The zero-order chi connectivity index (χ0) is 27.4. The number of fused-ring (bicyclic) bond motifs is 1. The molecule has 0 atom stereocenters. The largest absolute Gasteiger partial charge is 0.487 e. The Balaban J connectivity index is 1.33. The Labute approximate surface area is 227 Å². The number of pyridine rings is 1. The van der Waals surface area contributed by atoms with Gasteiger partial charge in [-0.3, -0.25) is 9.36 Å². The topological polar surface area (TPSA) is 107 Å². The zero-order valence-electron chi connectivity index (χ0n) is 22.4. The fourth-order valence-corrected chi connectivity index (χ4v) is 4.79. The summed E-state index contributed by atoms with van der Waals surface area (Å²) in [6.07, 6.45) is 5.39. The van der Waals surface area contributed by atoms with Crippen molar-refractivity contribution in [3.8, 4) is 17.2 Å². The van der Waals surface area contributed by atoms with Gasteiger partial charge in [-0.15, -0.1) is 0 Å². The van der Waals surface area contributed by atoms with E-state index in [2.05, 4.69) is 20.9 Å². The predicted octanol–water partition coefficient (Wildman–Crippen LogP) is 5.52. The van der Waals surface area contributed by atoms with E-state index in [1.807, 2.05) is 50.2 Å². The summed E-state index contributed by atoms with van der Waals surface area (Å²) in [6, 6.07) is 16.4. The molecule has 3 heterocycles. The fraction of sp³-hybridized carbons (Fsp3) is 0.300. The second kappa shape index (κ2) is 11.6. The van der Waals surface area contributed by atoms with Crippen molar-refractivity contribution in [2.24, 2.45) is 0 Å². The molecule has 1 saturated heterocycles. The van der Waals surface area contributed by atoms with Gasteiger partial charge in [0.2, 0.25) is 0 Å². The van der Waals surface area contributed by atoms with Crippen LogP contribution in [0, 0.1) is 0 Å². The molecule has 202 valence electrons. The minimum Gasteiger partial charge on any atom is -0.487 e. The SMILES string of the molecule is CNC(=O)n1ccc2cc(Oc3ccnc(NC(=O)c4ccc(C5CCNCC5)cc4)c3)c(OC(C)C)cc21. The molecule has 2 amide bonds. The molecule has 39 heavy (non-hydrogen) atoms. The van der Waals surface area contributed by atoms with Crippen LogP contribution >= 0.6 is 0 Å². The Kier molecular flexibility index (Phi) is 7.79. The van der Waals surface area contributed by atoms with Crippen molar-refractivity contribution in [1.82, 2.24) is 20.2 Å². The van der Waals surface area contributed by atoms with Crippen LogP contribution in [0.1, 0.15) is 48.5 Å². The summed E-state index contributed by atoms with van der Waals surface area (Å²) in [5.41, 5.74) is 2.54. The van der Waals surface area contributed by atoms with Crippen molar-refractivity contribution in [2.75, 3.05) is 25.5 Å². The van der Waals surface area contributed by atoms with Crippen LogP contribution in [0.2, 0.25) is 0 Å². The third-order valence-corrected chi connectivity index (χ3v) is 6.74. The van der Waals surface area contributed by atoms with E-state index in [-0.39, 0.29) is 18.0 Å². The zero-order valence-corrected chi connectivity index (χ0v) is 22.4. The van der Waals surface area contributed by atoms with Gasteiger partial charge in [0.05, 0.1) is 11.6 Å². The third kappa shape index (κ3) is 6.04. The summed E-state index contributed by atoms with van der Waals surface area (Å²) in [7, 11) is 1.58. The normalized spacial score (nSPS) is 13.8. The number of rotatable bonds is 7. The molecule has 0 spiro atoms. The van der Waals surface area contributed by atoms with Crippen LogP contribution < -0.4 is 25.4 Å². The first-order valence-electron chi connectivity index (χ1n) is 13.2. The summed E-state index contributed by atoms with van der Waals surface area (Å²) in [5, 5.41) is 9.70. The van der Waals surface area contributed by atoms with E-state index in [1.165, 1.54) is 10.1 Å². The number of benzene rings is 2. The maximum Gasteiger partial charge on any atom is 0.325 e. The van der Waals surface area contributed by atoms with Gasteiger partial charge in [0.1, 0.15) is 11.6 Å². The lowest BCUT2D eigenvalue weighted by Crippen LogP contribution is -2.26. The van der Waals surface area contributed by atoms with E-state index < -0.39 is 0 Å². The van der Waals surface area contributed by atoms with E-state index >= 15 is 0 Å². The number of nitrogens with zero attached hydrogens (tertiary/aromatic N) is 2. The first-order valence-corrected chi connectivity index (χ1v) is 13.2. The van der Waals surface area contributed by atoms with Crippen molar-refractivity contribution in [3.63, 3.8) is 0 Å². The standard InChI is InChI=1S/C30H33N5O4/c1-19(2)38-27-18-25-23(11-15-35(25)30(37)31-3)16-26(27)39-24-10-14-33-28(17-24)34-29(36)22-6-4-20(5-7-22)21-8-12-32-13-9-21/h4-7,10-11,14-19,21,32H,8-9,12-13H2,1-3H3,(H,31,37)(H,33,34,36). The van der Waals surface area contributed by atoms with Gasteiger partial charge in [0, 0.05) is 42.5 Å². The van der Waals surface area contributed by atoms with Gasteiger partial charge in [-0.1, -0.05) is 12.1 Å². The Morgan fingerprint density at radius 3 is 2.51 bits per heavy atom. The molecule has 5 rings (SSSR count). The van der Waals surface area contributed by atoms with E-state index in [4.69, 9.17) is 9.47 Å². The summed E-state index contributed by atoms with van der Waals surface area (Å²) in [5.74, 6) is 2.14. The van der Waals surface area contributed by atoms with E-state index in [0.717, 1.165) is 31.3 Å². The van der Waals surface area contributed by atoms with Crippen LogP contribution in [0.15, 0.2) is 67.0 Å². The number of aromatic nitrogens is 2. The highest BCUT2D eigenvalue weighted by atomic mass is 16.5. The minimum absolute atomic E-state index is 0.110. The molecule has 0 bridgehead atoms. The monoisotopic (exact) mass is 527 g/mol. The van der Waals surface area contributed by atoms with Crippen LogP contribution in [0.3, 0.4) is 0 Å². The van der Waals surface area contributed by atoms with Gasteiger partial charge in [0.25, 0.3) is 5.91 Å². The maximum atomic E-state index is 12.9. The first kappa shape index (κ1) is 26.2. The van der Waals surface area contributed by atoms with E-state index in [1.54, 1.807) is 37.6 Å².